The molecule has 3 aromatic carbocycles. The minimum atomic E-state index is -0.590. The third kappa shape index (κ3) is 7.35. The van der Waals surface area contributed by atoms with Gasteiger partial charge < -0.3 is 23.8 Å². The molecule has 0 aromatic heterocycles. The van der Waals surface area contributed by atoms with E-state index in [0.717, 1.165) is 86.5 Å². The minimum Gasteiger partial charge on any atom is -0.504 e. The Morgan fingerprint density at radius 3 is 2.33 bits per heavy atom. The van der Waals surface area contributed by atoms with E-state index in [9.17, 15) is 9.59 Å². The molecule has 0 saturated carbocycles. The number of piperidine rings is 1. The average molecular weight is 667 g/mol. The summed E-state index contributed by atoms with van der Waals surface area (Å²) in [7, 11) is 2.97. The summed E-state index contributed by atoms with van der Waals surface area (Å²) in [5.74, 6) is 1.74. The van der Waals surface area contributed by atoms with Crippen molar-refractivity contribution in [3.8, 4) is 11.5 Å². The summed E-state index contributed by atoms with van der Waals surface area (Å²) in [5, 5.41) is 0. The number of rotatable bonds is 15. The number of carbonyl (C=O) groups excluding carboxylic acids is 2. The Bertz CT molecular complexity index is 1590. The molecule has 0 aliphatic carbocycles. The first-order chi connectivity index (χ1) is 24.0. The molecule has 260 valence electrons. The van der Waals surface area contributed by atoms with Gasteiger partial charge in [-0.25, -0.2) is 4.79 Å². The van der Waals surface area contributed by atoms with Gasteiger partial charge in [0.25, 0.3) is 0 Å². The maximum atomic E-state index is 14.5. The normalized spacial score (nSPS) is 23.3. The van der Waals surface area contributed by atoms with Crippen LogP contribution in [0.2, 0.25) is 0 Å². The lowest BCUT2D eigenvalue weighted by atomic mass is 9.68. The quantitative estimate of drug-likeness (QED) is 0.0729. The van der Waals surface area contributed by atoms with Crippen LogP contribution in [0, 0.1) is 11.8 Å². The van der Waals surface area contributed by atoms with Crippen molar-refractivity contribution in [2.24, 2.45) is 11.8 Å². The van der Waals surface area contributed by atoms with Crippen molar-refractivity contribution in [2.45, 2.75) is 69.9 Å². The number of nitrogens with zero attached hydrogens (tertiary/aromatic N) is 2. The molecule has 49 heavy (non-hydrogen) atoms. The number of esters is 1. The van der Waals surface area contributed by atoms with Crippen LogP contribution in [0.15, 0.2) is 90.7 Å². The lowest BCUT2D eigenvalue weighted by Crippen LogP contribution is -2.54. The number of unbranched alkanes of at least 4 members (excludes halogenated alkanes) is 4. The van der Waals surface area contributed by atoms with Crippen LogP contribution in [0.4, 0.5) is 5.69 Å². The molecule has 1 amide bonds. The van der Waals surface area contributed by atoms with Crippen molar-refractivity contribution in [1.29, 1.82) is 0 Å². The Balaban J connectivity index is 0.981. The number of carbonyl (C=O) groups is 2. The molecule has 0 N–H and O–H groups in total. The second kappa shape index (κ2) is 15.9. The number of anilines is 1. The van der Waals surface area contributed by atoms with E-state index in [4.69, 9.17) is 18.9 Å². The number of amides is 1. The number of ether oxygens (including phenoxy) is 4. The van der Waals surface area contributed by atoms with Gasteiger partial charge in [-0.1, -0.05) is 74.7 Å². The molecule has 3 aliphatic rings. The van der Waals surface area contributed by atoms with Crippen molar-refractivity contribution in [1.82, 2.24) is 4.90 Å². The van der Waals surface area contributed by atoms with Gasteiger partial charge in [0.05, 0.1) is 38.1 Å². The van der Waals surface area contributed by atoms with Crippen LogP contribution in [0.3, 0.4) is 0 Å². The number of hydrogen-bond acceptors (Lipinski definition) is 7. The van der Waals surface area contributed by atoms with Crippen molar-refractivity contribution < 1.29 is 28.5 Å². The van der Waals surface area contributed by atoms with Gasteiger partial charge in [0, 0.05) is 24.8 Å². The first kappa shape index (κ1) is 34.6. The molecule has 8 heteroatoms. The number of hydrogen-bond donors (Lipinski definition) is 0. The van der Waals surface area contributed by atoms with Crippen LogP contribution in [0.1, 0.15) is 63.0 Å². The van der Waals surface area contributed by atoms with Gasteiger partial charge in [0.2, 0.25) is 5.91 Å². The minimum absolute atomic E-state index is 0.0234. The molecule has 3 aromatic rings. The zero-order chi connectivity index (χ0) is 34.2. The number of methoxy groups -OCH3 is 2. The van der Waals surface area contributed by atoms with Gasteiger partial charge in [0.1, 0.15) is 18.1 Å². The first-order valence-electron chi connectivity index (χ1n) is 17.8. The molecule has 1 spiro atoms. The third-order valence-electron chi connectivity index (χ3n) is 10.7. The summed E-state index contributed by atoms with van der Waals surface area (Å²) in [4.78, 5) is 31.8. The van der Waals surface area contributed by atoms with Gasteiger partial charge in [-0.15, -0.1) is 0 Å². The van der Waals surface area contributed by atoms with Crippen molar-refractivity contribution in [3.05, 3.63) is 102 Å². The van der Waals surface area contributed by atoms with Crippen LogP contribution >= 0.6 is 0 Å². The number of para-hydroxylation sites is 1. The highest BCUT2D eigenvalue weighted by Gasteiger charge is 2.61. The Morgan fingerprint density at radius 2 is 1.57 bits per heavy atom. The fraction of sp³-hybridized carbons (Fsp3) is 0.463. The molecule has 3 heterocycles. The SMILES string of the molecule is CO/C=C(/C(=O)OC)[C@H]1C[C@H]2N(CC[C@]23C(=O)N(CCCCCCCOc2ccc(OCc4ccccc4)cc2)c2ccccc23)C[C@@H]1C. The van der Waals surface area contributed by atoms with Crippen LogP contribution in [-0.2, 0) is 31.1 Å². The second-order valence-electron chi connectivity index (χ2n) is 13.7. The monoisotopic (exact) mass is 666 g/mol. The highest BCUT2D eigenvalue weighted by atomic mass is 16.5. The summed E-state index contributed by atoms with van der Waals surface area (Å²) in [6.45, 7) is 5.84. The van der Waals surface area contributed by atoms with Crippen molar-refractivity contribution in [2.75, 3.05) is 45.4 Å². The zero-order valence-electron chi connectivity index (χ0n) is 29.1. The fourth-order valence-electron chi connectivity index (χ4n) is 8.26. The van der Waals surface area contributed by atoms with Crippen LogP contribution < -0.4 is 14.4 Å². The molecule has 0 bridgehead atoms. The van der Waals surface area contributed by atoms with Gasteiger partial charge in [-0.3, -0.25) is 9.69 Å². The summed E-state index contributed by atoms with van der Waals surface area (Å²) in [6.07, 6.45) is 8.24. The van der Waals surface area contributed by atoms with Gasteiger partial charge in [0.15, 0.2) is 0 Å². The molecule has 8 nitrogen and oxygen atoms in total. The average Bonchev–Trinajstić information content (AvgIpc) is 3.62. The van der Waals surface area contributed by atoms with Crippen LogP contribution in [0.5, 0.6) is 11.5 Å². The Labute approximate surface area is 291 Å². The van der Waals surface area contributed by atoms with Crippen molar-refractivity contribution >= 4 is 17.6 Å². The van der Waals surface area contributed by atoms with E-state index < -0.39 is 5.41 Å². The van der Waals surface area contributed by atoms with Crippen LogP contribution in [0.25, 0.3) is 0 Å². The van der Waals surface area contributed by atoms with E-state index in [1.54, 1.807) is 7.11 Å². The highest BCUT2D eigenvalue weighted by Crippen LogP contribution is 2.54. The van der Waals surface area contributed by atoms with E-state index in [1.165, 1.54) is 13.4 Å². The van der Waals surface area contributed by atoms with Crippen molar-refractivity contribution in [3.63, 3.8) is 0 Å². The predicted molar refractivity (Wildman–Crippen MR) is 191 cm³/mol. The molecular weight excluding hydrogens is 616 g/mol. The molecule has 0 radical (unpaired) electrons. The molecule has 6 rings (SSSR count). The van der Waals surface area contributed by atoms with E-state index in [2.05, 4.69) is 47.1 Å². The summed E-state index contributed by atoms with van der Waals surface area (Å²) < 4.78 is 22.3. The second-order valence-corrected chi connectivity index (χ2v) is 13.7. The maximum Gasteiger partial charge on any atom is 0.337 e. The zero-order valence-corrected chi connectivity index (χ0v) is 29.1. The number of benzene rings is 3. The summed E-state index contributed by atoms with van der Waals surface area (Å²) in [6, 6.07) is 26.4. The Hall–Kier alpha value is -4.30. The topological polar surface area (TPSA) is 77.5 Å². The van der Waals surface area contributed by atoms with E-state index >= 15 is 0 Å². The smallest absolute Gasteiger partial charge is 0.337 e. The first-order valence-corrected chi connectivity index (χ1v) is 17.8. The van der Waals surface area contributed by atoms with Gasteiger partial charge in [-0.2, -0.15) is 0 Å². The summed E-state index contributed by atoms with van der Waals surface area (Å²) >= 11 is 0. The Morgan fingerprint density at radius 1 is 0.878 bits per heavy atom. The predicted octanol–water partition coefficient (Wildman–Crippen LogP) is 7.31. The maximum absolute atomic E-state index is 14.5. The third-order valence-corrected chi connectivity index (χ3v) is 10.7. The number of fused-ring (bicyclic) bond motifs is 4. The standard InChI is InChI=1S/C41H50N2O6/c1-30-27-42-24-22-41(38(42)26-34(30)35(29-46-2)39(44)47-3)36-16-10-11-17-37(36)43(40(41)45)23-12-5-4-6-13-25-48-32-18-20-33(21-19-32)49-28-31-14-8-7-9-15-31/h7-11,14-21,29-30,34,38H,4-6,12-13,22-28H2,1-3H3/b35-29+/t30-,34-,38+,41+/m0/s1. The Kier molecular flexibility index (Phi) is 11.2. The summed E-state index contributed by atoms with van der Waals surface area (Å²) in [5.41, 5.74) is 3.30. The molecule has 4 atom stereocenters. The molecule has 0 unspecified atom stereocenters. The molecular formula is C41H50N2O6. The van der Waals surface area contributed by atoms with Gasteiger partial charge in [-0.05, 0) is 85.5 Å². The van der Waals surface area contributed by atoms with E-state index in [1.807, 2.05) is 48.5 Å². The van der Waals surface area contributed by atoms with E-state index in [-0.39, 0.29) is 29.8 Å². The highest BCUT2D eigenvalue weighted by molar-refractivity contribution is 6.09. The molecule has 2 saturated heterocycles. The van der Waals surface area contributed by atoms with E-state index in [0.29, 0.717) is 25.2 Å². The molecule has 3 aliphatic heterocycles. The lowest BCUT2D eigenvalue weighted by molar-refractivity contribution is -0.137. The van der Waals surface area contributed by atoms with Gasteiger partial charge >= 0.3 is 5.97 Å². The van der Waals surface area contributed by atoms with Crippen LogP contribution in [-0.4, -0.2) is 63.3 Å². The largest absolute Gasteiger partial charge is 0.504 e. The molecule has 2 fully saturated rings. The fourth-order valence-corrected chi connectivity index (χ4v) is 8.26. The lowest BCUT2D eigenvalue weighted by Gasteiger charge is -2.44.